The Balaban J connectivity index is 2.12. The van der Waals surface area contributed by atoms with E-state index in [-0.39, 0.29) is 48.0 Å². The first-order chi connectivity index (χ1) is 12.2. The van der Waals surface area contributed by atoms with Crippen molar-refractivity contribution in [3.63, 3.8) is 0 Å². The van der Waals surface area contributed by atoms with Gasteiger partial charge in [-0.05, 0) is 37.0 Å². The van der Waals surface area contributed by atoms with Crippen LogP contribution in [-0.2, 0) is 9.59 Å². The minimum atomic E-state index is -0.974. The van der Waals surface area contributed by atoms with Crippen LogP contribution in [0.5, 0.6) is 0 Å². The summed E-state index contributed by atoms with van der Waals surface area (Å²) in [6, 6.07) is 3.93. The van der Waals surface area contributed by atoms with Crippen LogP contribution in [0, 0.1) is 17.7 Å². The molecule has 1 aliphatic carbocycles. The second kappa shape index (κ2) is 8.29. The smallest absolute Gasteiger partial charge is 0.308 e. The number of carboxylic acids is 1. The van der Waals surface area contributed by atoms with Crippen LogP contribution in [0.3, 0.4) is 0 Å². The monoisotopic (exact) mass is 364 g/mol. The largest absolute Gasteiger partial charge is 0.481 e. The summed E-state index contributed by atoms with van der Waals surface area (Å²) in [5.41, 5.74) is 0.179. The molecule has 2 rings (SSSR count). The van der Waals surface area contributed by atoms with Crippen LogP contribution in [0.1, 0.15) is 50.4 Å². The first kappa shape index (κ1) is 19.9. The number of carbonyl (C=O) groups is 3. The standard InChI is InChI=1S/C19H25FN2O4/c1-11(2)8-17(23)21-16-7-4-13(9-15(16)20)18(24)22(14-5-6-14)10-12(3)19(25)26/h4,7,9,11-12,14H,5-6,8,10H2,1-3H3,(H,21,23)(H,25,26). The van der Waals surface area contributed by atoms with E-state index in [0.29, 0.717) is 0 Å². The Morgan fingerprint density at radius 3 is 2.42 bits per heavy atom. The number of hydrogen-bond acceptors (Lipinski definition) is 3. The number of benzene rings is 1. The Kier molecular flexibility index (Phi) is 6.34. The normalized spacial score (nSPS) is 14.8. The van der Waals surface area contributed by atoms with Crippen LogP contribution >= 0.6 is 0 Å². The van der Waals surface area contributed by atoms with Crippen LogP contribution in [-0.4, -0.2) is 40.4 Å². The van der Waals surface area contributed by atoms with Gasteiger partial charge in [0, 0.05) is 24.6 Å². The minimum absolute atomic E-state index is 0.0118. The van der Waals surface area contributed by atoms with Gasteiger partial charge in [-0.1, -0.05) is 20.8 Å². The minimum Gasteiger partial charge on any atom is -0.481 e. The number of hydrogen-bond donors (Lipinski definition) is 2. The summed E-state index contributed by atoms with van der Waals surface area (Å²) < 4.78 is 14.3. The average Bonchev–Trinajstić information content (AvgIpc) is 3.37. The summed E-state index contributed by atoms with van der Waals surface area (Å²) in [7, 11) is 0. The topological polar surface area (TPSA) is 86.7 Å². The second-order valence-corrected chi connectivity index (χ2v) is 7.27. The quantitative estimate of drug-likeness (QED) is 0.742. The number of halogens is 1. The Morgan fingerprint density at radius 2 is 1.92 bits per heavy atom. The molecule has 1 saturated carbocycles. The van der Waals surface area contributed by atoms with Gasteiger partial charge in [0.1, 0.15) is 5.82 Å². The number of aliphatic carboxylic acids is 1. The average molecular weight is 364 g/mol. The highest BCUT2D eigenvalue weighted by Crippen LogP contribution is 2.29. The van der Waals surface area contributed by atoms with Gasteiger partial charge in [0.15, 0.2) is 0 Å². The van der Waals surface area contributed by atoms with E-state index in [9.17, 15) is 18.8 Å². The van der Waals surface area contributed by atoms with Crippen LogP contribution in [0.25, 0.3) is 0 Å². The molecule has 0 spiro atoms. The first-order valence-corrected chi connectivity index (χ1v) is 8.82. The van der Waals surface area contributed by atoms with E-state index < -0.39 is 17.7 Å². The molecular formula is C19H25FN2O4. The fraction of sp³-hybridized carbons (Fsp3) is 0.526. The molecule has 1 aliphatic rings. The number of anilines is 1. The van der Waals surface area contributed by atoms with E-state index in [1.54, 1.807) is 6.92 Å². The van der Waals surface area contributed by atoms with Gasteiger partial charge in [0.25, 0.3) is 5.91 Å². The molecule has 26 heavy (non-hydrogen) atoms. The van der Waals surface area contributed by atoms with Gasteiger partial charge in [-0.15, -0.1) is 0 Å². The highest BCUT2D eigenvalue weighted by molar-refractivity contribution is 5.96. The lowest BCUT2D eigenvalue weighted by Gasteiger charge is -2.24. The molecule has 1 aromatic rings. The predicted molar refractivity (Wildman–Crippen MR) is 95.3 cm³/mol. The predicted octanol–water partition coefficient (Wildman–Crippen LogP) is 3.14. The highest BCUT2D eigenvalue weighted by atomic mass is 19.1. The fourth-order valence-corrected chi connectivity index (χ4v) is 2.64. The molecule has 6 nitrogen and oxygen atoms in total. The summed E-state index contributed by atoms with van der Waals surface area (Å²) >= 11 is 0. The van der Waals surface area contributed by atoms with E-state index in [4.69, 9.17) is 5.11 Å². The Morgan fingerprint density at radius 1 is 1.27 bits per heavy atom. The van der Waals surface area contributed by atoms with Crippen molar-refractivity contribution in [2.75, 3.05) is 11.9 Å². The van der Waals surface area contributed by atoms with E-state index in [1.165, 1.54) is 17.0 Å². The maximum Gasteiger partial charge on any atom is 0.308 e. The SMILES string of the molecule is CC(C)CC(=O)Nc1ccc(C(=O)N(CC(C)C(=O)O)C2CC2)cc1F. The van der Waals surface area contributed by atoms with Crippen LogP contribution in [0.15, 0.2) is 18.2 Å². The van der Waals surface area contributed by atoms with Gasteiger partial charge in [-0.2, -0.15) is 0 Å². The molecule has 1 atom stereocenters. The molecule has 2 amide bonds. The number of rotatable bonds is 8. The van der Waals surface area contributed by atoms with Crippen LogP contribution < -0.4 is 5.32 Å². The summed E-state index contributed by atoms with van der Waals surface area (Å²) in [5, 5.41) is 11.6. The molecule has 0 saturated heterocycles. The fourth-order valence-electron chi connectivity index (χ4n) is 2.64. The summed E-state index contributed by atoms with van der Waals surface area (Å²) in [6.45, 7) is 5.41. The highest BCUT2D eigenvalue weighted by Gasteiger charge is 2.35. The molecule has 7 heteroatoms. The van der Waals surface area contributed by atoms with Crippen molar-refractivity contribution in [3.8, 4) is 0 Å². The van der Waals surface area contributed by atoms with Crippen molar-refractivity contribution in [2.24, 2.45) is 11.8 Å². The zero-order valence-corrected chi connectivity index (χ0v) is 15.3. The number of nitrogens with one attached hydrogen (secondary N) is 1. The molecule has 0 radical (unpaired) electrons. The van der Waals surface area contributed by atoms with E-state index in [2.05, 4.69) is 5.32 Å². The number of carbonyl (C=O) groups excluding carboxylic acids is 2. The van der Waals surface area contributed by atoms with Gasteiger partial charge in [0.2, 0.25) is 5.91 Å². The van der Waals surface area contributed by atoms with Gasteiger partial charge in [-0.3, -0.25) is 14.4 Å². The van der Waals surface area contributed by atoms with Crippen molar-refractivity contribution in [2.45, 2.75) is 46.1 Å². The molecule has 142 valence electrons. The van der Waals surface area contributed by atoms with E-state index in [1.807, 2.05) is 13.8 Å². The Bertz CT molecular complexity index is 701. The third-order valence-electron chi connectivity index (χ3n) is 4.22. The van der Waals surface area contributed by atoms with Crippen molar-refractivity contribution in [3.05, 3.63) is 29.6 Å². The molecule has 1 fully saturated rings. The molecule has 1 aromatic carbocycles. The number of nitrogens with zero attached hydrogens (tertiary/aromatic N) is 1. The maximum atomic E-state index is 14.3. The molecule has 0 aliphatic heterocycles. The third kappa shape index (κ3) is 5.28. The summed E-state index contributed by atoms with van der Waals surface area (Å²) in [6.07, 6.45) is 1.93. The van der Waals surface area contributed by atoms with Gasteiger partial charge < -0.3 is 15.3 Å². The van der Waals surface area contributed by atoms with Crippen molar-refractivity contribution in [1.82, 2.24) is 4.90 Å². The second-order valence-electron chi connectivity index (χ2n) is 7.27. The molecule has 0 heterocycles. The maximum absolute atomic E-state index is 14.3. The van der Waals surface area contributed by atoms with Gasteiger partial charge in [0.05, 0.1) is 11.6 Å². The lowest BCUT2D eigenvalue weighted by molar-refractivity contribution is -0.141. The lowest BCUT2D eigenvalue weighted by atomic mass is 10.1. The third-order valence-corrected chi connectivity index (χ3v) is 4.22. The molecule has 0 bridgehead atoms. The molecule has 0 aromatic heterocycles. The summed E-state index contributed by atoms with van der Waals surface area (Å²) in [5.74, 6) is -2.87. The Labute approximate surface area is 152 Å². The van der Waals surface area contributed by atoms with Crippen LogP contribution in [0.4, 0.5) is 10.1 Å². The molecule has 1 unspecified atom stereocenters. The van der Waals surface area contributed by atoms with Gasteiger partial charge in [-0.25, -0.2) is 4.39 Å². The zero-order valence-electron chi connectivity index (χ0n) is 15.3. The van der Waals surface area contributed by atoms with Gasteiger partial charge >= 0.3 is 5.97 Å². The van der Waals surface area contributed by atoms with Crippen molar-refractivity contribution >= 4 is 23.5 Å². The van der Waals surface area contributed by atoms with E-state index >= 15 is 0 Å². The first-order valence-electron chi connectivity index (χ1n) is 8.82. The number of carboxylic acid groups (broad SMARTS) is 1. The zero-order chi connectivity index (χ0) is 19.4. The van der Waals surface area contributed by atoms with Crippen LogP contribution in [0.2, 0.25) is 0 Å². The van der Waals surface area contributed by atoms with E-state index in [0.717, 1.165) is 18.9 Å². The van der Waals surface area contributed by atoms with Crippen molar-refractivity contribution < 1.29 is 23.9 Å². The Hall–Kier alpha value is -2.44. The summed E-state index contributed by atoms with van der Waals surface area (Å²) in [4.78, 5) is 37.1. The molecule has 2 N–H and O–H groups in total. The lowest BCUT2D eigenvalue weighted by Crippen LogP contribution is -2.38. The number of amides is 2. The van der Waals surface area contributed by atoms with Crippen molar-refractivity contribution in [1.29, 1.82) is 0 Å². The molecular weight excluding hydrogens is 339 g/mol.